The molecule has 1 saturated heterocycles. The Bertz CT molecular complexity index is 1200. The van der Waals surface area contributed by atoms with Crippen LogP contribution < -0.4 is 20.3 Å². The van der Waals surface area contributed by atoms with E-state index in [1.54, 1.807) is 19.2 Å². The summed E-state index contributed by atoms with van der Waals surface area (Å²) in [5.74, 6) is 1.55. The van der Waals surface area contributed by atoms with Gasteiger partial charge in [0, 0.05) is 31.9 Å². The lowest BCUT2D eigenvalue weighted by atomic mass is 10.0. The Morgan fingerprint density at radius 3 is 2.09 bits per heavy atom. The van der Waals surface area contributed by atoms with Crippen LogP contribution in [0.1, 0.15) is 25.3 Å². The highest BCUT2D eigenvalue weighted by Gasteiger charge is 2.25. The molecule has 2 N–H and O–H groups in total. The normalized spacial score (nSPS) is 14.5. The second-order valence-electron chi connectivity index (χ2n) is 8.32. The molecule has 0 bridgehead atoms. The number of methoxy groups -OCH3 is 1. The van der Waals surface area contributed by atoms with Gasteiger partial charge in [-0.15, -0.1) is 0 Å². The first-order chi connectivity index (χ1) is 15.8. The third-order valence-electron chi connectivity index (χ3n) is 5.92. The lowest BCUT2D eigenvalue weighted by Crippen LogP contribution is -2.47. The van der Waals surface area contributed by atoms with Crippen molar-refractivity contribution in [1.82, 2.24) is 9.97 Å². The Hall–Kier alpha value is -3.33. The number of hydrogen-bond donors (Lipinski definition) is 1. The number of piperazine rings is 1. The van der Waals surface area contributed by atoms with E-state index >= 15 is 0 Å². The van der Waals surface area contributed by atoms with E-state index in [2.05, 4.69) is 28.7 Å². The highest BCUT2D eigenvalue weighted by Crippen LogP contribution is 2.28. The molecule has 4 rings (SSSR count). The maximum Gasteiger partial charge on any atom is 0.227 e. The summed E-state index contributed by atoms with van der Waals surface area (Å²) in [7, 11) is -2.15. The average molecular weight is 468 g/mol. The van der Waals surface area contributed by atoms with E-state index in [4.69, 9.17) is 10.5 Å². The molecule has 33 heavy (non-hydrogen) atoms. The summed E-state index contributed by atoms with van der Waals surface area (Å²) in [6.45, 7) is 7.11. The van der Waals surface area contributed by atoms with Crippen molar-refractivity contribution in [3.63, 3.8) is 0 Å². The van der Waals surface area contributed by atoms with Gasteiger partial charge in [0.15, 0.2) is 0 Å². The first-order valence-electron chi connectivity index (χ1n) is 10.9. The zero-order chi connectivity index (χ0) is 23.6. The van der Waals surface area contributed by atoms with Gasteiger partial charge in [0.05, 0.1) is 18.2 Å². The number of aromatic nitrogens is 2. The van der Waals surface area contributed by atoms with Gasteiger partial charge in [0.2, 0.25) is 15.8 Å². The summed E-state index contributed by atoms with van der Waals surface area (Å²) in [4.78, 5) is 13.1. The second kappa shape index (κ2) is 9.27. The molecule has 174 valence electrons. The SMILES string of the molecule is COc1ccc(N2CCN(c3ncc(S(=O)(=O)c4ccc(C(C)C)cc4)c(N)n3)CC2)cc1. The standard InChI is InChI=1S/C24H29N5O3S/c1-17(2)18-4-10-21(11-5-18)33(30,31)22-16-26-24(27-23(22)25)29-14-12-28(13-15-29)19-6-8-20(32-3)9-7-19/h4-11,16-17H,12-15H2,1-3H3,(H2,25,26,27). The Balaban J connectivity index is 1.47. The van der Waals surface area contributed by atoms with Gasteiger partial charge in [-0.2, -0.15) is 4.98 Å². The molecular weight excluding hydrogens is 438 g/mol. The molecule has 1 aliphatic rings. The Labute approximate surface area is 194 Å². The smallest absolute Gasteiger partial charge is 0.227 e. The van der Waals surface area contributed by atoms with Crippen molar-refractivity contribution < 1.29 is 13.2 Å². The van der Waals surface area contributed by atoms with Crippen LogP contribution in [-0.4, -0.2) is 51.7 Å². The predicted molar refractivity (Wildman–Crippen MR) is 130 cm³/mol. The molecule has 0 radical (unpaired) electrons. The van der Waals surface area contributed by atoms with Gasteiger partial charge in [0.1, 0.15) is 16.5 Å². The molecule has 0 spiro atoms. The number of nitrogens with zero attached hydrogens (tertiary/aromatic N) is 4. The third kappa shape index (κ3) is 4.73. The van der Waals surface area contributed by atoms with Crippen LogP contribution in [0.25, 0.3) is 0 Å². The number of sulfone groups is 1. The van der Waals surface area contributed by atoms with Crippen LogP contribution in [0.4, 0.5) is 17.5 Å². The molecule has 0 amide bonds. The van der Waals surface area contributed by atoms with E-state index in [-0.39, 0.29) is 15.6 Å². The van der Waals surface area contributed by atoms with E-state index < -0.39 is 9.84 Å². The van der Waals surface area contributed by atoms with Crippen molar-refractivity contribution in [3.05, 3.63) is 60.3 Å². The van der Waals surface area contributed by atoms with Gasteiger partial charge >= 0.3 is 0 Å². The third-order valence-corrected chi connectivity index (χ3v) is 7.70. The Kier molecular flexibility index (Phi) is 6.42. The van der Waals surface area contributed by atoms with Crippen LogP contribution >= 0.6 is 0 Å². The number of ether oxygens (including phenoxy) is 1. The zero-order valence-corrected chi connectivity index (χ0v) is 19.9. The van der Waals surface area contributed by atoms with Gasteiger partial charge in [-0.3, -0.25) is 0 Å². The maximum absolute atomic E-state index is 13.1. The molecule has 8 nitrogen and oxygen atoms in total. The minimum absolute atomic E-state index is 0.0366. The summed E-state index contributed by atoms with van der Waals surface area (Å²) in [5.41, 5.74) is 8.29. The summed E-state index contributed by atoms with van der Waals surface area (Å²) in [6.07, 6.45) is 1.32. The van der Waals surface area contributed by atoms with Crippen LogP contribution in [0.2, 0.25) is 0 Å². The minimum atomic E-state index is -3.80. The summed E-state index contributed by atoms with van der Waals surface area (Å²) >= 11 is 0. The van der Waals surface area contributed by atoms with Crippen LogP contribution in [-0.2, 0) is 9.84 Å². The van der Waals surface area contributed by atoms with Crippen molar-refractivity contribution in [3.8, 4) is 5.75 Å². The molecule has 9 heteroatoms. The fourth-order valence-electron chi connectivity index (χ4n) is 3.85. The summed E-state index contributed by atoms with van der Waals surface area (Å²) in [5, 5.41) is 0. The highest BCUT2D eigenvalue weighted by atomic mass is 32.2. The van der Waals surface area contributed by atoms with E-state index in [0.717, 1.165) is 30.1 Å². The van der Waals surface area contributed by atoms with Gasteiger partial charge in [0.25, 0.3) is 0 Å². The molecule has 2 heterocycles. The van der Waals surface area contributed by atoms with Gasteiger partial charge in [-0.1, -0.05) is 26.0 Å². The fourth-order valence-corrected chi connectivity index (χ4v) is 5.11. The lowest BCUT2D eigenvalue weighted by molar-refractivity contribution is 0.415. The lowest BCUT2D eigenvalue weighted by Gasteiger charge is -2.36. The number of nitrogen functional groups attached to an aromatic ring is 1. The Morgan fingerprint density at radius 2 is 1.55 bits per heavy atom. The van der Waals surface area contributed by atoms with E-state index in [1.807, 2.05) is 41.3 Å². The summed E-state index contributed by atoms with van der Waals surface area (Å²) < 4.78 is 31.4. The fraction of sp³-hybridized carbons (Fsp3) is 0.333. The number of hydrogen-bond acceptors (Lipinski definition) is 8. The van der Waals surface area contributed by atoms with Crippen molar-refractivity contribution >= 4 is 27.3 Å². The van der Waals surface area contributed by atoms with Crippen molar-refractivity contribution in [2.45, 2.75) is 29.6 Å². The molecule has 0 aliphatic carbocycles. The molecule has 3 aromatic rings. The number of nitrogens with two attached hydrogens (primary N) is 1. The van der Waals surface area contributed by atoms with Crippen molar-refractivity contribution in [2.75, 3.05) is 48.8 Å². The molecule has 1 fully saturated rings. The van der Waals surface area contributed by atoms with Crippen molar-refractivity contribution in [2.24, 2.45) is 0 Å². The van der Waals surface area contributed by atoms with E-state index in [0.29, 0.717) is 25.0 Å². The molecule has 0 saturated carbocycles. The van der Waals surface area contributed by atoms with Crippen LogP contribution in [0.5, 0.6) is 5.75 Å². The number of rotatable bonds is 6. The first-order valence-corrected chi connectivity index (χ1v) is 12.4. The highest BCUT2D eigenvalue weighted by molar-refractivity contribution is 7.91. The monoisotopic (exact) mass is 467 g/mol. The van der Waals surface area contributed by atoms with Crippen LogP contribution in [0.3, 0.4) is 0 Å². The zero-order valence-electron chi connectivity index (χ0n) is 19.1. The molecule has 1 aliphatic heterocycles. The second-order valence-corrected chi connectivity index (χ2v) is 10.2. The largest absolute Gasteiger partial charge is 0.497 e. The topological polar surface area (TPSA) is 102 Å². The van der Waals surface area contributed by atoms with E-state index in [9.17, 15) is 8.42 Å². The van der Waals surface area contributed by atoms with Crippen molar-refractivity contribution in [1.29, 1.82) is 0 Å². The van der Waals surface area contributed by atoms with E-state index in [1.165, 1.54) is 6.20 Å². The van der Waals surface area contributed by atoms with Gasteiger partial charge in [-0.05, 0) is 47.9 Å². The Morgan fingerprint density at radius 1 is 0.939 bits per heavy atom. The van der Waals surface area contributed by atoms with Gasteiger partial charge in [-0.25, -0.2) is 13.4 Å². The maximum atomic E-state index is 13.1. The minimum Gasteiger partial charge on any atom is -0.497 e. The van der Waals surface area contributed by atoms with Crippen LogP contribution in [0, 0.1) is 0 Å². The van der Waals surface area contributed by atoms with Gasteiger partial charge < -0.3 is 20.3 Å². The molecule has 1 aromatic heterocycles. The average Bonchev–Trinajstić information content (AvgIpc) is 2.84. The summed E-state index contributed by atoms with van der Waals surface area (Å²) in [6, 6.07) is 14.8. The quantitative estimate of drug-likeness (QED) is 0.589. The number of benzene rings is 2. The molecular formula is C24H29N5O3S. The molecule has 0 unspecified atom stereocenters. The molecule has 2 aromatic carbocycles. The number of anilines is 3. The first kappa shape index (κ1) is 22.8. The van der Waals surface area contributed by atoms with Crippen LogP contribution in [0.15, 0.2) is 64.5 Å². The molecule has 0 atom stereocenters. The predicted octanol–water partition coefficient (Wildman–Crippen LogP) is 3.35.